The minimum Gasteiger partial charge on any atom is -0.497 e. The van der Waals surface area contributed by atoms with Gasteiger partial charge in [0, 0.05) is 47.7 Å². The van der Waals surface area contributed by atoms with Crippen LogP contribution >= 0.6 is 0 Å². The van der Waals surface area contributed by atoms with Crippen LogP contribution in [-0.2, 0) is 20.2 Å². The number of piperidine rings is 1. The Morgan fingerprint density at radius 1 is 1.14 bits per heavy atom. The van der Waals surface area contributed by atoms with Gasteiger partial charge in [-0.1, -0.05) is 12.1 Å². The molecule has 2 aliphatic rings. The molecule has 2 aromatic carbocycles. The molecule has 0 radical (unpaired) electrons. The molecule has 2 aliphatic heterocycles. The van der Waals surface area contributed by atoms with Gasteiger partial charge in [-0.15, -0.1) is 0 Å². The number of aromatic nitrogens is 1. The number of halogens is 1. The molecule has 1 fully saturated rings. The van der Waals surface area contributed by atoms with Gasteiger partial charge >= 0.3 is 6.09 Å². The molecule has 1 aromatic heterocycles. The number of carbonyl (C=O) groups excluding carboxylic acids is 1. The summed E-state index contributed by atoms with van der Waals surface area (Å²) >= 11 is 0. The van der Waals surface area contributed by atoms with Crippen LogP contribution in [0.1, 0.15) is 37.1 Å². The van der Waals surface area contributed by atoms with Crippen molar-refractivity contribution in [2.24, 2.45) is 0 Å². The summed E-state index contributed by atoms with van der Waals surface area (Å²) in [4.78, 5) is 16.9. The Kier molecular flexibility index (Phi) is 5.76. The summed E-state index contributed by atoms with van der Waals surface area (Å²) in [7, 11) is -1.19. The third kappa shape index (κ3) is 3.66. The first-order valence-electron chi connectivity index (χ1n) is 11.5. The predicted molar refractivity (Wildman–Crippen MR) is 128 cm³/mol. The average Bonchev–Trinajstić information content (AvgIpc) is 3.26. The molecule has 1 amide bonds. The Labute approximate surface area is 203 Å². The zero-order valence-electron chi connectivity index (χ0n) is 19.9. The highest BCUT2D eigenvalue weighted by molar-refractivity contribution is 7.89. The van der Waals surface area contributed by atoms with Crippen molar-refractivity contribution in [2.75, 3.05) is 33.9 Å². The number of aromatic amines is 1. The fourth-order valence-electron chi connectivity index (χ4n) is 5.60. The Balaban J connectivity index is 1.66. The summed E-state index contributed by atoms with van der Waals surface area (Å²) in [5, 5.41) is 1.00. The summed E-state index contributed by atoms with van der Waals surface area (Å²) in [6.45, 7) is 2.86. The van der Waals surface area contributed by atoms with Gasteiger partial charge in [-0.3, -0.25) is 0 Å². The van der Waals surface area contributed by atoms with E-state index in [9.17, 15) is 17.6 Å². The van der Waals surface area contributed by atoms with Crippen LogP contribution in [0, 0.1) is 5.82 Å². The number of likely N-dealkylation sites (tertiary alicyclic amines) is 1. The van der Waals surface area contributed by atoms with E-state index < -0.39 is 33.4 Å². The zero-order valence-corrected chi connectivity index (χ0v) is 20.7. The summed E-state index contributed by atoms with van der Waals surface area (Å²) in [6.07, 6.45) is 0.692. The Bertz CT molecular complexity index is 1400. The molecule has 1 N–H and O–H groups in total. The van der Waals surface area contributed by atoms with Crippen LogP contribution in [-0.4, -0.2) is 62.6 Å². The number of ether oxygens (including phenoxy) is 2. The fraction of sp³-hybridized carbons (Fsp3) is 0.400. The van der Waals surface area contributed by atoms with Crippen molar-refractivity contribution in [3.05, 3.63) is 59.5 Å². The molecule has 0 bridgehead atoms. The summed E-state index contributed by atoms with van der Waals surface area (Å²) in [5.74, 6) is -0.0874. The molecule has 1 unspecified atom stereocenters. The number of sulfonamides is 1. The normalized spacial score (nSPS) is 20.1. The molecule has 1 saturated heterocycles. The summed E-state index contributed by atoms with van der Waals surface area (Å²) in [5.41, 5.74) is 2.14. The number of methoxy groups -OCH3 is 2. The highest BCUT2D eigenvalue weighted by atomic mass is 32.2. The topological polar surface area (TPSA) is 91.9 Å². The van der Waals surface area contributed by atoms with Crippen molar-refractivity contribution in [3.63, 3.8) is 0 Å². The highest BCUT2D eigenvalue weighted by Crippen LogP contribution is 2.50. The molecule has 35 heavy (non-hydrogen) atoms. The molecule has 10 heteroatoms. The Hall–Kier alpha value is -3.11. The first-order valence-corrected chi connectivity index (χ1v) is 13.0. The quantitative estimate of drug-likeness (QED) is 0.581. The second-order valence-electron chi connectivity index (χ2n) is 9.22. The lowest BCUT2D eigenvalue weighted by Gasteiger charge is -2.49. The number of nitrogens with one attached hydrogen (secondary N) is 1. The number of hydrogen-bond acceptors (Lipinski definition) is 5. The van der Waals surface area contributed by atoms with Crippen LogP contribution in [0.4, 0.5) is 9.18 Å². The largest absolute Gasteiger partial charge is 0.497 e. The molecule has 0 aliphatic carbocycles. The average molecular weight is 502 g/mol. The van der Waals surface area contributed by atoms with Crippen molar-refractivity contribution in [2.45, 2.75) is 36.1 Å². The van der Waals surface area contributed by atoms with Crippen molar-refractivity contribution in [1.29, 1.82) is 0 Å². The van der Waals surface area contributed by atoms with E-state index in [1.807, 2.05) is 25.1 Å². The van der Waals surface area contributed by atoms with Crippen LogP contribution in [0.5, 0.6) is 5.75 Å². The predicted octanol–water partition coefficient (Wildman–Crippen LogP) is 4.18. The maximum atomic E-state index is 14.6. The molecule has 5 rings (SSSR count). The number of fused-ring (bicyclic) bond motifs is 4. The third-order valence-electron chi connectivity index (χ3n) is 7.45. The Morgan fingerprint density at radius 3 is 2.51 bits per heavy atom. The summed E-state index contributed by atoms with van der Waals surface area (Å²) in [6, 6.07) is 10.7. The monoisotopic (exact) mass is 501 g/mol. The molecule has 1 spiro atoms. The number of amides is 1. The van der Waals surface area contributed by atoms with E-state index in [1.54, 1.807) is 12.0 Å². The first-order chi connectivity index (χ1) is 16.7. The van der Waals surface area contributed by atoms with Crippen LogP contribution in [0.15, 0.2) is 47.4 Å². The van der Waals surface area contributed by atoms with E-state index >= 15 is 0 Å². The number of nitrogens with zero attached hydrogens (tertiary/aromatic N) is 2. The summed E-state index contributed by atoms with van der Waals surface area (Å²) < 4.78 is 53.8. The number of rotatable bonds is 3. The standard InChI is InChI=1S/C25H28FN3O5S/c1-16-23-22(18-9-8-17(33-2)14-20(18)27-23)25(10-12-28(13-11-25)24(30)34-3)15-29(16)35(31,32)21-7-5-4-6-19(21)26/h4-9,14,16,27H,10-13,15H2,1-3H3. The smallest absolute Gasteiger partial charge is 0.409 e. The van der Waals surface area contributed by atoms with Gasteiger partial charge in [0.15, 0.2) is 0 Å². The molecular weight excluding hydrogens is 473 g/mol. The SMILES string of the molecule is COC(=O)N1CCC2(CC1)CN(S(=O)(=O)c1ccccc1F)C(C)c1[nH]c3cc(OC)ccc3c12. The van der Waals surface area contributed by atoms with Gasteiger partial charge in [0.25, 0.3) is 0 Å². The Morgan fingerprint density at radius 2 is 1.86 bits per heavy atom. The number of carbonyl (C=O) groups is 1. The van der Waals surface area contributed by atoms with Gasteiger partial charge < -0.3 is 19.4 Å². The number of H-pyrrole nitrogens is 1. The van der Waals surface area contributed by atoms with Crippen molar-refractivity contribution in [3.8, 4) is 5.75 Å². The third-order valence-corrected chi connectivity index (χ3v) is 9.40. The van der Waals surface area contributed by atoms with E-state index in [4.69, 9.17) is 9.47 Å². The molecule has 1 atom stereocenters. The van der Waals surface area contributed by atoms with Crippen LogP contribution in [0.25, 0.3) is 10.9 Å². The lowest BCUT2D eigenvalue weighted by Crippen LogP contribution is -2.54. The van der Waals surface area contributed by atoms with E-state index in [-0.39, 0.29) is 11.4 Å². The highest BCUT2D eigenvalue weighted by Gasteiger charge is 2.50. The minimum atomic E-state index is -4.14. The zero-order chi connectivity index (χ0) is 25.0. The lowest BCUT2D eigenvalue weighted by atomic mass is 9.69. The minimum absolute atomic E-state index is 0.186. The lowest BCUT2D eigenvalue weighted by molar-refractivity contribution is 0.0874. The maximum absolute atomic E-state index is 14.6. The van der Waals surface area contributed by atoms with E-state index in [1.165, 1.54) is 29.6 Å². The van der Waals surface area contributed by atoms with Crippen molar-refractivity contribution >= 4 is 27.0 Å². The molecule has 8 nitrogen and oxygen atoms in total. The van der Waals surface area contributed by atoms with Crippen molar-refractivity contribution in [1.82, 2.24) is 14.2 Å². The fourth-order valence-corrected chi connectivity index (χ4v) is 7.35. The van der Waals surface area contributed by atoms with Crippen LogP contribution in [0.3, 0.4) is 0 Å². The van der Waals surface area contributed by atoms with Gasteiger partial charge in [-0.25, -0.2) is 17.6 Å². The molecule has 0 saturated carbocycles. The van der Waals surface area contributed by atoms with Gasteiger partial charge in [0.1, 0.15) is 16.5 Å². The van der Waals surface area contributed by atoms with Gasteiger partial charge in [0.2, 0.25) is 10.0 Å². The second kappa shape index (κ2) is 8.53. The first kappa shape index (κ1) is 23.6. The van der Waals surface area contributed by atoms with Gasteiger partial charge in [-0.05, 0) is 49.6 Å². The molecule has 3 heterocycles. The van der Waals surface area contributed by atoms with E-state index in [0.717, 1.165) is 28.2 Å². The van der Waals surface area contributed by atoms with Crippen LogP contribution in [0.2, 0.25) is 0 Å². The van der Waals surface area contributed by atoms with Crippen LogP contribution < -0.4 is 4.74 Å². The van der Waals surface area contributed by atoms with Crippen molar-refractivity contribution < 1.29 is 27.1 Å². The molecule has 3 aromatic rings. The van der Waals surface area contributed by atoms with Gasteiger partial charge in [0.05, 0.1) is 20.3 Å². The second-order valence-corrected chi connectivity index (χ2v) is 11.1. The number of hydrogen-bond donors (Lipinski definition) is 1. The number of benzene rings is 2. The van der Waals surface area contributed by atoms with Gasteiger partial charge in [-0.2, -0.15) is 4.31 Å². The van der Waals surface area contributed by atoms with E-state index in [0.29, 0.717) is 31.7 Å². The molecule has 186 valence electrons. The molecular formula is C25H28FN3O5S. The van der Waals surface area contributed by atoms with E-state index in [2.05, 4.69) is 4.98 Å². The maximum Gasteiger partial charge on any atom is 0.409 e.